The molecule has 4 rings (SSSR count). The molecule has 8 heteroatoms. The quantitative estimate of drug-likeness (QED) is 0.241. The molecular formula is C30H33FN2O5. The van der Waals surface area contributed by atoms with Crippen LogP contribution in [0, 0.1) is 5.82 Å². The first kappa shape index (κ1) is 27.3. The number of esters is 1. The second-order valence-electron chi connectivity index (χ2n) is 9.37. The van der Waals surface area contributed by atoms with E-state index in [1.54, 1.807) is 47.4 Å². The van der Waals surface area contributed by atoms with Gasteiger partial charge in [-0.1, -0.05) is 42.5 Å². The molecule has 0 saturated carbocycles. The predicted molar refractivity (Wildman–Crippen MR) is 141 cm³/mol. The molecule has 1 N–H and O–H groups in total. The number of carbonyl (C=O) groups is 2. The Labute approximate surface area is 222 Å². The van der Waals surface area contributed by atoms with Crippen LogP contribution in [0.2, 0.25) is 0 Å². The number of nitrogens with one attached hydrogen (secondary N) is 1. The highest BCUT2D eigenvalue weighted by Crippen LogP contribution is 2.36. The predicted octanol–water partition coefficient (Wildman–Crippen LogP) is 5.78. The minimum atomic E-state index is -0.584. The molecule has 1 amide bonds. The first-order valence-electron chi connectivity index (χ1n) is 12.7. The third-order valence-corrected chi connectivity index (χ3v) is 6.34. The van der Waals surface area contributed by atoms with Crippen molar-refractivity contribution in [1.29, 1.82) is 0 Å². The SMILES string of the molecule is COC(=O)C[C@@H](N[C@H]1c2ccccc2C(=O)N1CCCOC(C)C)c1ccc(F)c(Oc2ccccc2)c1. The largest absolute Gasteiger partial charge is 0.469 e. The Balaban J connectivity index is 1.63. The van der Waals surface area contributed by atoms with Gasteiger partial charge in [0.1, 0.15) is 11.9 Å². The van der Waals surface area contributed by atoms with Crippen molar-refractivity contribution in [1.82, 2.24) is 10.2 Å². The molecule has 1 aliphatic rings. The number of carbonyl (C=O) groups excluding carboxylic acids is 2. The molecule has 3 aromatic rings. The molecule has 0 aliphatic carbocycles. The van der Waals surface area contributed by atoms with Crippen LogP contribution < -0.4 is 10.1 Å². The molecule has 0 radical (unpaired) electrons. The standard InChI is InChI=1S/C30H33FN2O5/c1-20(2)37-17-9-16-33-29(23-12-7-8-13-24(23)30(33)35)32-26(19-28(34)36-3)21-14-15-25(31)27(18-21)38-22-10-5-4-6-11-22/h4-8,10-15,18,20,26,29,32H,9,16-17,19H2,1-3H3/t26-,29-/m1/s1. The van der Waals surface area contributed by atoms with E-state index in [9.17, 15) is 14.0 Å². The van der Waals surface area contributed by atoms with E-state index in [1.807, 2.05) is 38.1 Å². The average molecular weight is 521 g/mol. The van der Waals surface area contributed by atoms with E-state index in [0.29, 0.717) is 36.4 Å². The van der Waals surface area contributed by atoms with Crippen LogP contribution in [0.15, 0.2) is 72.8 Å². The Bertz CT molecular complexity index is 1250. The maximum atomic E-state index is 14.7. The summed E-state index contributed by atoms with van der Waals surface area (Å²) in [4.78, 5) is 27.5. The molecule has 0 unspecified atom stereocenters. The fourth-order valence-corrected chi connectivity index (χ4v) is 4.48. The lowest BCUT2D eigenvalue weighted by atomic mass is 10.0. The number of nitrogens with zero attached hydrogens (tertiary/aromatic N) is 1. The summed E-state index contributed by atoms with van der Waals surface area (Å²) in [5.41, 5.74) is 2.06. The minimum absolute atomic E-state index is 0.0237. The Kier molecular flexibility index (Phi) is 9.10. The topological polar surface area (TPSA) is 77.1 Å². The monoisotopic (exact) mass is 520 g/mol. The van der Waals surface area contributed by atoms with Crippen molar-refractivity contribution < 1.29 is 28.2 Å². The van der Waals surface area contributed by atoms with Gasteiger partial charge in [0.25, 0.3) is 5.91 Å². The Morgan fingerprint density at radius 2 is 1.79 bits per heavy atom. The van der Waals surface area contributed by atoms with Gasteiger partial charge < -0.3 is 19.1 Å². The third kappa shape index (κ3) is 6.57. The summed E-state index contributed by atoms with van der Waals surface area (Å²) >= 11 is 0. The van der Waals surface area contributed by atoms with Crippen LogP contribution in [0.25, 0.3) is 0 Å². The maximum Gasteiger partial charge on any atom is 0.307 e. The zero-order valence-corrected chi connectivity index (χ0v) is 21.9. The van der Waals surface area contributed by atoms with E-state index in [-0.39, 0.29) is 24.2 Å². The normalized spacial score (nSPS) is 15.4. The summed E-state index contributed by atoms with van der Waals surface area (Å²) in [5, 5.41) is 3.48. The van der Waals surface area contributed by atoms with Gasteiger partial charge in [-0.3, -0.25) is 14.9 Å². The molecule has 2 atom stereocenters. The number of amides is 1. The van der Waals surface area contributed by atoms with Gasteiger partial charge in [-0.05, 0) is 56.2 Å². The fourth-order valence-electron chi connectivity index (χ4n) is 4.48. The Hall–Kier alpha value is -3.75. The summed E-state index contributed by atoms with van der Waals surface area (Å²) in [5.74, 6) is -0.525. The van der Waals surface area contributed by atoms with Crippen molar-refractivity contribution in [2.45, 2.75) is 45.0 Å². The van der Waals surface area contributed by atoms with E-state index < -0.39 is 24.0 Å². The minimum Gasteiger partial charge on any atom is -0.469 e. The maximum absolute atomic E-state index is 14.7. The first-order chi connectivity index (χ1) is 18.4. The fraction of sp³-hybridized carbons (Fsp3) is 0.333. The molecule has 1 aliphatic heterocycles. The smallest absolute Gasteiger partial charge is 0.307 e. The van der Waals surface area contributed by atoms with Crippen LogP contribution in [-0.2, 0) is 14.3 Å². The van der Waals surface area contributed by atoms with Crippen molar-refractivity contribution in [2.24, 2.45) is 0 Å². The molecule has 38 heavy (non-hydrogen) atoms. The van der Waals surface area contributed by atoms with Crippen LogP contribution in [0.4, 0.5) is 4.39 Å². The first-order valence-corrected chi connectivity index (χ1v) is 12.7. The summed E-state index contributed by atoms with van der Waals surface area (Å²) in [6.07, 6.45) is 0.245. The Morgan fingerprint density at radius 1 is 1.05 bits per heavy atom. The van der Waals surface area contributed by atoms with Crippen molar-refractivity contribution in [2.75, 3.05) is 20.3 Å². The van der Waals surface area contributed by atoms with E-state index in [2.05, 4.69) is 5.32 Å². The second kappa shape index (κ2) is 12.7. The van der Waals surface area contributed by atoms with Gasteiger partial charge in [0.15, 0.2) is 11.6 Å². The zero-order valence-electron chi connectivity index (χ0n) is 21.9. The van der Waals surface area contributed by atoms with E-state index >= 15 is 0 Å². The number of fused-ring (bicyclic) bond motifs is 1. The van der Waals surface area contributed by atoms with Crippen LogP contribution >= 0.6 is 0 Å². The van der Waals surface area contributed by atoms with Crippen LogP contribution in [-0.4, -0.2) is 43.1 Å². The van der Waals surface area contributed by atoms with Gasteiger partial charge in [-0.2, -0.15) is 0 Å². The number of hydrogen-bond donors (Lipinski definition) is 1. The lowest BCUT2D eigenvalue weighted by Gasteiger charge is -2.31. The highest BCUT2D eigenvalue weighted by molar-refractivity contribution is 5.99. The molecule has 1 heterocycles. The molecule has 200 valence electrons. The van der Waals surface area contributed by atoms with Crippen LogP contribution in [0.1, 0.15) is 60.4 Å². The van der Waals surface area contributed by atoms with Gasteiger partial charge in [0.05, 0.1) is 19.6 Å². The van der Waals surface area contributed by atoms with Gasteiger partial charge in [0.2, 0.25) is 0 Å². The molecule has 0 bridgehead atoms. The number of ether oxygens (including phenoxy) is 3. The highest BCUT2D eigenvalue weighted by Gasteiger charge is 2.37. The van der Waals surface area contributed by atoms with E-state index in [1.165, 1.54) is 13.2 Å². The number of rotatable bonds is 12. The summed E-state index contributed by atoms with van der Waals surface area (Å²) < 4.78 is 31.1. The molecular weight excluding hydrogens is 487 g/mol. The van der Waals surface area contributed by atoms with Gasteiger partial charge in [0, 0.05) is 30.3 Å². The molecule has 0 spiro atoms. The average Bonchev–Trinajstić information content (AvgIpc) is 3.18. The zero-order chi connectivity index (χ0) is 27.1. The number of hydrogen-bond acceptors (Lipinski definition) is 6. The molecule has 0 fully saturated rings. The molecule has 3 aromatic carbocycles. The van der Waals surface area contributed by atoms with Crippen LogP contribution in [0.5, 0.6) is 11.5 Å². The number of halogens is 1. The summed E-state index contributed by atoms with van der Waals surface area (Å²) in [6, 6.07) is 20.2. The summed E-state index contributed by atoms with van der Waals surface area (Å²) in [7, 11) is 1.32. The lowest BCUT2D eigenvalue weighted by molar-refractivity contribution is -0.141. The number of benzene rings is 3. The van der Waals surface area contributed by atoms with Crippen molar-refractivity contribution in [3.05, 3.63) is 95.3 Å². The second-order valence-corrected chi connectivity index (χ2v) is 9.37. The van der Waals surface area contributed by atoms with Crippen molar-refractivity contribution in [3.8, 4) is 11.5 Å². The molecule has 7 nitrogen and oxygen atoms in total. The highest BCUT2D eigenvalue weighted by atomic mass is 19.1. The lowest BCUT2D eigenvalue weighted by Crippen LogP contribution is -2.40. The van der Waals surface area contributed by atoms with E-state index in [0.717, 1.165) is 5.56 Å². The number of para-hydroxylation sites is 1. The van der Waals surface area contributed by atoms with E-state index in [4.69, 9.17) is 14.2 Å². The molecule has 0 aromatic heterocycles. The van der Waals surface area contributed by atoms with Crippen LogP contribution in [0.3, 0.4) is 0 Å². The number of methoxy groups -OCH3 is 1. The van der Waals surface area contributed by atoms with Gasteiger partial charge in [-0.25, -0.2) is 4.39 Å². The third-order valence-electron chi connectivity index (χ3n) is 6.34. The van der Waals surface area contributed by atoms with Crippen molar-refractivity contribution in [3.63, 3.8) is 0 Å². The van der Waals surface area contributed by atoms with Crippen molar-refractivity contribution >= 4 is 11.9 Å². The Morgan fingerprint density at radius 3 is 2.53 bits per heavy atom. The summed E-state index contributed by atoms with van der Waals surface area (Å²) in [6.45, 7) is 4.93. The van der Waals surface area contributed by atoms with Gasteiger partial charge >= 0.3 is 5.97 Å². The molecule has 0 saturated heterocycles. The van der Waals surface area contributed by atoms with Gasteiger partial charge in [-0.15, -0.1) is 0 Å².